The molecule has 5 saturated carbocycles. The molecule has 12 N–H and O–H groups in total. The van der Waals surface area contributed by atoms with E-state index in [2.05, 4.69) is 77.6 Å². The van der Waals surface area contributed by atoms with Gasteiger partial charge in [0.05, 0.1) is 14.7 Å². The summed E-state index contributed by atoms with van der Waals surface area (Å²) >= 11 is 30.4. The van der Waals surface area contributed by atoms with Crippen molar-refractivity contribution in [3.05, 3.63) is 187 Å². The van der Waals surface area contributed by atoms with Gasteiger partial charge in [-0.1, -0.05) is 94.4 Å². The SMILES string of the molecule is CC(=O)O.CC(C)(C)OC(=O)N1CC2(CC(=O)C2)C1.Cc1cc(Cl)n2ncnc(Cl)c12.Cc1cc(Cl)n2ncnc(N3CC4(CC(=O)C4)C3)c12.Cc1cc(Cl)n2ncnc(N3CC4(CC(N(C)Cc5ccc(S(N)(=O)=O)cc5)C4)C3)c12.Cc1cc(Cl)n2ncnc(N3CC4(CC(NCc5ccc(S(N)(=O)=O)cc5)C4)C3)c12.NCc1ccc(S(N)(=O)=O)cc1.O=C(O)C(F)(F)F.O=C1CC2(CNC2)C1. The maximum atomic E-state index is 11.6. The van der Waals surface area contributed by atoms with Gasteiger partial charge in [0.15, 0.2) is 22.6 Å². The Hall–Kier alpha value is -10.4. The van der Waals surface area contributed by atoms with Gasteiger partial charge in [0.2, 0.25) is 30.1 Å². The Bertz CT molecular complexity index is 6760. The van der Waals surface area contributed by atoms with Crippen LogP contribution in [0.1, 0.15) is 131 Å². The van der Waals surface area contributed by atoms with Crippen LogP contribution in [0, 0.1) is 54.8 Å². The Balaban J connectivity index is 0.000000139. The van der Waals surface area contributed by atoms with Crippen LogP contribution in [-0.2, 0) is 78.4 Å². The summed E-state index contributed by atoms with van der Waals surface area (Å²) in [5, 5.41) is 55.9. The molecule has 0 atom stereocenters. The number of nitrogens with one attached hydrogen (secondary N) is 2. The second-order valence-electron chi connectivity index (χ2n) is 38.2. The summed E-state index contributed by atoms with van der Waals surface area (Å²) in [4.78, 5) is 90.5. The molecule has 3 aromatic carbocycles. The van der Waals surface area contributed by atoms with Crippen LogP contribution in [0.5, 0.6) is 0 Å². The first kappa shape index (κ1) is 105. The Kier molecular flexibility index (Phi) is 31.2. The number of nitrogens with two attached hydrogens (primary N) is 4. The molecule has 0 unspecified atom stereocenters. The van der Waals surface area contributed by atoms with Gasteiger partial charge in [-0.3, -0.25) is 24.1 Å². The van der Waals surface area contributed by atoms with Gasteiger partial charge < -0.3 is 50.9 Å². The lowest BCUT2D eigenvalue weighted by molar-refractivity contribution is -0.192. The third-order valence-corrected chi connectivity index (χ3v) is 29.6. The lowest BCUT2D eigenvalue weighted by atomic mass is 9.60. The molecule has 5 saturated heterocycles. The Labute approximate surface area is 818 Å². The van der Waals surface area contributed by atoms with Crippen molar-refractivity contribution in [1.29, 1.82) is 0 Å². The second-order valence-corrected chi connectivity index (χ2v) is 44.8. The summed E-state index contributed by atoms with van der Waals surface area (Å²) in [7, 11) is -8.73. The summed E-state index contributed by atoms with van der Waals surface area (Å²) < 4.78 is 111. The number of primary sulfonamides is 3. The number of hydrogen-bond acceptors (Lipinski definition) is 28. The third kappa shape index (κ3) is 24.6. The van der Waals surface area contributed by atoms with E-state index in [-0.39, 0.29) is 31.6 Å². The number of carboxylic acid groups (broad SMARTS) is 2. The summed E-state index contributed by atoms with van der Waals surface area (Å²) in [6.45, 7) is 25.9. The predicted molar refractivity (Wildman–Crippen MR) is 511 cm³/mol. The highest BCUT2D eigenvalue weighted by Crippen LogP contribution is 2.54. The number of carbonyl (C=O) groups is 6. The predicted octanol–water partition coefficient (Wildman–Crippen LogP) is 10.8. The standard InChI is InChI=1S/C21H25ClN6O2S.C20H23ClN6O2S.C13H13ClN4O.C11H17NO3.C7H5Cl2N3.C7H10N2O2S.C6H9NO.C2HF3O2.C2H4O2/c1-14-7-18(22)28-19(14)20(24-13-25-28)27-11-21(12-27)8-16(9-21)26(2)10-15-3-5-17(6-4-15)31(23,29)30;1-13-6-17(21)27-18(13)19(24-12-25-27)26-10-20(11-26)7-15(8-20)23-9-14-2-4-16(5-3-14)30(22,28)29;1-8-2-10(14)18-11(8)12(15-7-16-18)17-5-13(6-17)3-9(19)4-13;1-10(2,3)15-9(14)12-6-11(7-12)4-8(13)5-11;1-4-2-5(8)12-6(4)7(9)10-3-11-12;8-5-6-1-3-7(4-2-6)12(9,10)11;8-5-1-6(2-5)3-7-4-6;3-2(4,5)1(6)7;1-2(3)4/h3-7,13,16H,8-12H2,1-2H3,(H2,23,29,30);2-6,12,15,23H,7-11H2,1H3,(H2,22,28,29);2,7H,3-6H2,1H3;4-7H2,1-3H3;2-3H,1H3;1-4H,5,8H2,(H2,9,10,11);7H,1-4H2;(H,6,7);1H3,(H,3,4). The largest absolute Gasteiger partial charge is 0.490 e. The highest BCUT2D eigenvalue weighted by atomic mass is 35.5. The van der Waals surface area contributed by atoms with Gasteiger partial charge in [-0.25, -0.2) is 88.3 Å². The topological polar surface area (TPSA) is 520 Å². The van der Waals surface area contributed by atoms with Gasteiger partial charge in [0.25, 0.3) is 5.97 Å². The molecule has 138 heavy (non-hydrogen) atoms. The van der Waals surface area contributed by atoms with Crippen LogP contribution in [0.3, 0.4) is 0 Å². The molecule has 49 heteroatoms. The first-order valence-electron chi connectivity index (χ1n) is 43.6. The van der Waals surface area contributed by atoms with Gasteiger partial charge >= 0.3 is 18.2 Å². The van der Waals surface area contributed by atoms with Gasteiger partial charge in [0.1, 0.15) is 90.9 Å². The molecular weight excluding hydrogens is 1960 g/mol. The normalized spacial score (nSPS) is 18.1. The van der Waals surface area contributed by atoms with E-state index in [1.54, 1.807) is 90.2 Å². The molecular formula is C89H107Cl5F3N23O15S3. The van der Waals surface area contributed by atoms with Crippen molar-refractivity contribution in [1.82, 2.24) is 78.8 Å². The van der Waals surface area contributed by atoms with Crippen molar-refractivity contribution in [2.24, 2.45) is 48.2 Å². The van der Waals surface area contributed by atoms with E-state index in [4.69, 9.17) is 104 Å². The third-order valence-electron chi connectivity index (χ3n) is 25.5. The quantitative estimate of drug-likeness (QED) is 0.0531. The molecule has 5 aliphatic heterocycles. The fourth-order valence-electron chi connectivity index (χ4n) is 18.8. The second kappa shape index (κ2) is 41.0. The molecule has 5 spiro atoms. The number of benzene rings is 3. The van der Waals surface area contributed by atoms with Gasteiger partial charge in [-0.2, -0.15) is 33.6 Å². The summed E-state index contributed by atoms with van der Waals surface area (Å²) in [5.41, 5.74) is 17.3. The van der Waals surface area contributed by atoms with Crippen LogP contribution in [0.15, 0.2) is 137 Å². The number of anilines is 3. The minimum atomic E-state index is -5.08. The van der Waals surface area contributed by atoms with Crippen molar-refractivity contribution in [3.63, 3.8) is 0 Å². The summed E-state index contributed by atoms with van der Waals surface area (Å²) in [6, 6.07) is 28.2. The number of ether oxygens (including phenoxy) is 1. The lowest BCUT2D eigenvalue weighted by Crippen LogP contribution is -2.66. The fourth-order valence-corrected chi connectivity index (χ4v) is 21.8. The molecule has 38 nitrogen and oxygen atoms in total. The highest BCUT2D eigenvalue weighted by Gasteiger charge is 2.57. The van der Waals surface area contributed by atoms with Gasteiger partial charge in [-0.15, -0.1) is 0 Å². The van der Waals surface area contributed by atoms with E-state index in [1.807, 2.05) is 78.8 Å². The molecule has 0 bridgehead atoms. The van der Waals surface area contributed by atoms with Gasteiger partial charge in [0, 0.05) is 170 Å². The molecule has 11 aromatic rings. The van der Waals surface area contributed by atoms with Crippen LogP contribution < -0.4 is 46.5 Å². The molecule has 742 valence electrons. The van der Waals surface area contributed by atoms with Crippen molar-refractivity contribution < 1.29 is 82.1 Å². The first-order valence-corrected chi connectivity index (χ1v) is 50.1. The number of sulfonamides is 3. The number of fused-ring (bicyclic) bond motifs is 4. The first-order chi connectivity index (χ1) is 64.5. The van der Waals surface area contributed by atoms with Crippen molar-refractivity contribution in [2.45, 2.75) is 178 Å². The monoisotopic (exact) mass is 2070 g/mol. The highest BCUT2D eigenvalue weighted by molar-refractivity contribution is 7.89. The average molecular weight is 2070 g/mol. The number of aryl methyl sites for hydroxylation is 4. The smallest absolute Gasteiger partial charge is 0.481 e. The summed E-state index contributed by atoms with van der Waals surface area (Å²) in [6.07, 6.45) is 9.69. The maximum Gasteiger partial charge on any atom is 0.490 e. The van der Waals surface area contributed by atoms with Crippen LogP contribution in [0.4, 0.5) is 35.4 Å². The number of nitrogens with zero attached hydrogens (tertiary/aromatic N) is 17. The number of ketones is 3. The molecule has 10 fully saturated rings. The number of hydrogen-bond donors (Lipinski definition) is 8. The van der Waals surface area contributed by atoms with E-state index in [0.29, 0.717) is 110 Å². The lowest BCUT2D eigenvalue weighted by Gasteiger charge is -2.61. The zero-order valence-corrected chi connectivity index (χ0v) is 83.1. The Morgan fingerprint density at radius 2 is 0.812 bits per heavy atom. The number of carboxylic acids is 2. The fraction of sp³-hybridized carbons (Fsp3) is 0.461. The van der Waals surface area contributed by atoms with Crippen LogP contribution in [0.25, 0.3) is 22.1 Å². The molecule has 8 aromatic heterocycles. The summed E-state index contributed by atoms with van der Waals surface area (Å²) in [5.74, 6) is 0.389. The van der Waals surface area contributed by atoms with E-state index in [0.717, 1.165) is 196 Å². The van der Waals surface area contributed by atoms with Crippen LogP contribution >= 0.6 is 58.0 Å². The number of amides is 1. The number of aromatic nitrogens is 12. The van der Waals surface area contributed by atoms with Crippen LogP contribution in [-0.4, -0.2) is 235 Å². The molecule has 10 aliphatic rings. The number of likely N-dealkylation sites (tertiary alicyclic amines) is 1. The van der Waals surface area contributed by atoms with Crippen molar-refractivity contribution in [2.75, 3.05) is 87.2 Å². The molecule has 1 amide bonds. The maximum absolute atomic E-state index is 11.6. The number of rotatable bonds is 13. The number of Topliss-reactive ketones (excluding diaryl/α,β-unsaturated/α-hetero) is 3. The van der Waals surface area contributed by atoms with Crippen LogP contribution in [0.2, 0.25) is 25.8 Å². The molecule has 21 rings (SSSR count). The number of alkyl halides is 3. The Morgan fingerprint density at radius 3 is 1.12 bits per heavy atom. The number of halogens is 8. The zero-order valence-electron chi connectivity index (χ0n) is 76.8. The van der Waals surface area contributed by atoms with Crippen molar-refractivity contribution in [3.8, 4) is 0 Å². The minimum Gasteiger partial charge on any atom is -0.481 e. The average Bonchev–Trinajstić information content (AvgIpc) is 1.34. The van der Waals surface area contributed by atoms with E-state index >= 15 is 0 Å². The van der Waals surface area contributed by atoms with E-state index < -0.39 is 53.8 Å². The molecule has 0 radical (unpaired) electrons. The zero-order chi connectivity index (χ0) is 101. The molecule has 5 aliphatic carbocycles. The van der Waals surface area contributed by atoms with E-state index in [9.17, 15) is 57.6 Å². The number of carbonyl (C=O) groups excluding carboxylic acids is 4. The van der Waals surface area contributed by atoms with E-state index in [1.165, 1.54) is 24.8 Å². The van der Waals surface area contributed by atoms with Gasteiger partial charge in [-0.05, 0) is 181 Å². The number of aliphatic carboxylic acids is 2. The van der Waals surface area contributed by atoms with Crippen molar-refractivity contribution >= 4 is 163 Å². The Morgan fingerprint density at radius 1 is 0.500 bits per heavy atom. The molecule has 13 heterocycles. The minimum absolute atomic E-state index is 0.111.